The molecule has 17 heavy (non-hydrogen) atoms. The average molecular weight is 239 g/mol. The Morgan fingerprint density at radius 1 is 1.18 bits per heavy atom. The lowest BCUT2D eigenvalue weighted by atomic mass is 10.2. The Kier molecular flexibility index (Phi) is 4.66. The predicted molar refractivity (Wildman–Crippen MR) is 69.0 cm³/mol. The van der Waals surface area contributed by atoms with Crippen LogP contribution in [0.5, 0.6) is 0 Å². The largest absolute Gasteiger partial charge is 0.338 e. The third-order valence-corrected chi connectivity index (χ3v) is 3.95. The van der Waals surface area contributed by atoms with E-state index < -0.39 is 0 Å². The maximum Gasteiger partial charge on any atom is 0.314 e. The van der Waals surface area contributed by atoms with E-state index in [0.717, 1.165) is 31.6 Å². The number of urea groups is 1. The molecule has 0 aromatic carbocycles. The van der Waals surface area contributed by atoms with Gasteiger partial charge in [0.15, 0.2) is 0 Å². The number of nitrogens with one attached hydrogen (secondary N) is 2. The highest BCUT2D eigenvalue weighted by molar-refractivity contribution is 5.73. The van der Waals surface area contributed by atoms with Crippen molar-refractivity contribution in [2.24, 2.45) is 5.92 Å². The molecule has 4 nitrogen and oxygen atoms in total. The van der Waals surface area contributed by atoms with Crippen molar-refractivity contribution < 1.29 is 4.79 Å². The topological polar surface area (TPSA) is 44.4 Å². The van der Waals surface area contributed by atoms with Gasteiger partial charge in [-0.25, -0.2) is 4.79 Å². The van der Waals surface area contributed by atoms with Gasteiger partial charge in [-0.15, -0.1) is 0 Å². The molecule has 0 aromatic rings. The second-order valence-corrected chi connectivity index (χ2v) is 5.50. The highest BCUT2D eigenvalue weighted by Gasteiger charge is 2.21. The summed E-state index contributed by atoms with van der Waals surface area (Å²) in [5.41, 5.74) is 0. The molecule has 0 atom stereocenters. The maximum absolute atomic E-state index is 11.4. The van der Waals surface area contributed by atoms with Crippen LogP contribution < -0.4 is 10.6 Å². The Morgan fingerprint density at radius 2 is 1.88 bits per heavy atom. The number of hydrogen-bond acceptors (Lipinski definition) is 2. The van der Waals surface area contributed by atoms with E-state index in [1.54, 1.807) is 0 Å². The normalized spacial score (nSPS) is 20.8. The highest BCUT2D eigenvalue weighted by atomic mass is 16.2. The summed E-state index contributed by atoms with van der Waals surface area (Å²) in [5.74, 6) is 0.752. The highest BCUT2D eigenvalue weighted by Crippen LogP contribution is 2.27. The molecule has 0 radical (unpaired) electrons. The summed E-state index contributed by atoms with van der Waals surface area (Å²) in [6.45, 7) is 2.56. The number of amides is 2. The van der Waals surface area contributed by atoms with E-state index in [0.29, 0.717) is 0 Å². The van der Waals surface area contributed by atoms with Crippen LogP contribution in [0.4, 0.5) is 4.79 Å². The molecule has 0 unspecified atom stereocenters. The van der Waals surface area contributed by atoms with E-state index in [1.807, 2.05) is 0 Å². The van der Waals surface area contributed by atoms with Crippen molar-refractivity contribution in [1.82, 2.24) is 15.5 Å². The molecule has 0 saturated heterocycles. The van der Waals surface area contributed by atoms with Crippen molar-refractivity contribution in [3.63, 3.8) is 0 Å². The molecule has 2 aliphatic rings. The molecular weight excluding hydrogens is 214 g/mol. The van der Waals surface area contributed by atoms with Crippen molar-refractivity contribution in [2.75, 3.05) is 26.7 Å². The van der Waals surface area contributed by atoms with Gasteiger partial charge in [-0.05, 0) is 38.6 Å². The summed E-state index contributed by atoms with van der Waals surface area (Å²) >= 11 is 0. The van der Waals surface area contributed by atoms with E-state index in [1.165, 1.54) is 38.5 Å². The molecule has 4 heteroatoms. The first kappa shape index (κ1) is 12.7. The van der Waals surface area contributed by atoms with Gasteiger partial charge in [-0.1, -0.05) is 12.8 Å². The molecule has 0 spiro atoms. The minimum atomic E-state index is -0.00304. The molecule has 0 aromatic heterocycles. The average Bonchev–Trinajstić information content (AvgIpc) is 2.98. The smallest absolute Gasteiger partial charge is 0.314 e. The molecule has 2 saturated carbocycles. The lowest BCUT2D eigenvalue weighted by Gasteiger charge is -2.23. The Hall–Kier alpha value is -0.770. The first-order valence-corrected chi connectivity index (χ1v) is 6.97. The molecular formula is C13H25N3O. The van der Waals surface area contributed by atoms with E-state index in [2.05, 4.69) is 22.6 Å². The van der Waals surface area contributed by atoms with Gasteiger partial charge >= 0.3 is 6.03 Å². The minimum absolute atomic E-state index is 0.00304. The van der Waals surface area contributed by atoms with Crippen molar-refractivity contribution in [1.29, 1.82) is 0 Å². The zero-order valence-electron chi connectivity index (χ0n) is 10.9. The lowest BCUT2D eigenvalue weighted by molar-refractivity contribution is 0.228. The summed E-state index contributed by atoms with van der Waals surface area (Å²) in [7, 11) is 2.17. The number of nitrogens with zero attached hydrogens (tertiary/aromatic N) is 1. The number of carbonyl (C=O) groups is 1. The van der Waals surface area contributed by atoms with Crippen LogP contribution in [0.3, 0.4) is 0 Å². The molecule has 2 aliphatic carbocycles. The third-order valence-electron chi connectivity index (χ3n) is 3.95. The van der Waals surface area contributed by atoms with Crippen LogP contribution in [-0.4, -0.2) is 43.7 Å². The van der Waals surface area contributed by atoms with Crippen molar-refractivity contribution in [3.05, 3.63) is 0 Å². The van der Waals surface area contributed by atoms with Crippen molar-refractivity contribution >= 4 is 6.03 Å². The molecule has 2 fully saturated rings. The molecule has 0 heterocycles. The lowest BCUT2D eigenvalue weighted by Crippen LogP contribution is -2.42. The SMILES string of the molecule is CN(CCNC(=O)NCC1CC1)C1CCCC1. The standard InChI is InChI=1S/C13H25N3O/c1-16(12-4-2-3-5-12)9-8-14-13(17)15-10-11-6-7-11/h11-12H,2-10H2,1H3,(H2,14,15,17). The van der Waals surface area contributed by atoms with E-state index in [-0.39, 0.29) is 6.03 Å². The Labute approximate surface area is 104 Å². The second kappa shape index (κ2) is 6.24. The monoisotopic (exact) mass is 239 g/mol. The molecule has 2 rings (SSSR count). The van der Waals surface area contributed by atoms with E-state index >= 15 is 0 Å². The maximum atomic E-state index is 11.4. The van der Waals surface area contributed by atoms with Crippen LogP contribution in [0, 0.1) is 5.92 Å². The minimum Gasteiger partial charge on any atom is -0.338 e. The van der Waals surface area contributed by atoms with Crippen LogP contribution in [0.15, 0.2) is 0 Å². The Bertz CT molecular complexity index is 247. The summed E-state index contributed by atoms with van der Waals surface area (Å²) in [4.78, 5) is 13.8. The van der Waals surface area contributed by atoms with Gasteiger partial charge in [0.25, 0.3) is 0 Å². The van der Waals surface area contributed by atoms with Crippen molar-refractivity contribution in [2.45, 2.75) is 44.6 Å². The quantitative estimate of drug-likeness (QED) is 0.739. The molecule has 98 valence electrons. The van der Waals surface area contributed by atoms with Gasteiger partial charge in [0, 0.05) is 25.7 Å². The van der Waals surface area contributed by atoms with Gasteiger partial charge in [-0.3, -0.25) is 0 Å². The Balaban J connectivity index is 1.50. The van der Waals surface area contributed by atoms with Gasteiger partial charge in [0.05, 0.1) is 0 Å². The summed E-state index contributed by atoms with van der Waals surface area (Å²) < 4.78 is 0. The molecule has 2 amide bonds. The van der Waals surface area contributed by atoms with E-state index in [4.69, 9.17) is 0 Å². The Morgan fingerprint density at radius 3 is 2.53 bits per heavy atom. The number of likely N-dealkylation sites (N-methyl/N-ethyl adjacent to an activating group) is 1. The van der Waals surface area contributed by atoms with Crippen LogP contribution in [0.2, 0.25) is 0 Å². The number of rotatable bonds is 6. The van der Waals surface area contributed by atoms with Crippen LogP contribution >= 0.6 is 0 Å². The summed E-state index contributed by atoms with van der Waals surface area (Å²) in [6.07, 6.45) is 7.94. The zero-order chi connectivity index (χ0) is 12.1. The fraction of sp³-hybridized carbons (Fsp3) is 0.923. The first-order valence-electron chi connectivity index (χ1n) is 6.97. The van der Waals surface area contributed by atoms with Crippen LogP contribution in [0.1, 0.15) is 38.5 Å². The fourth-order valence-corrected chi connectivity index (χ4v) is 2.49. The fourth-order valence-electron chi connectivity index (χ4n) is 2.49. The summed E-state index contributed by atoms with van der Waals surface area (Å²) in [5, 5.41) is 5.85. The van der Waals surface area contributed by atoms with Crippen molar-refractivity contribution in [3.8, 4) is 0 Å². The van der Waals surface area contributed by atoms with Crippen LogP contribution in [0.25, 0.3) is 0 Å². The number of hydrogen-bond donors (Lipinski definition) is 2. The van der Waals surface area contributed by atoms with Gasteiger partial charge in [-0.2, -0.15) is 0 Å². The molecule has 0 bridgehead atoms. The van der Waals surface area contributed by atoms with Crippen LogP contribution in [-0.2, 0) is 0 Å². The first-order chi connectivity index (χ1) is 8.25. The molecule has 0 aliphatic heterocycles. The third kappa shape index (κ3) is 4.54. The predicted octanol–water partition coefficient (Wildman–Crippen LogP) is 1.57. The molecule has 2 N–H and O–H groups in total. The van der Waals surface area contributed by atoms with Gasteiger partial charge < -0.3 is 15.5 Å². The van der Waals surface area contributed by atoms with E-state index in [9.17, 15) is 4.79 Å². The van der Waals surface area contributed by atoms with Gasteiger partial charge in [0.1, 0.15) is 0 Å². The zero-order valence-corrected chi connectivity index (χ0v) is 10.9. The van der Waals surface area contributed by atoms with Gasteiger partial charge in [0.2, 0.25) is 0 Å². The second-order valence-electron chi connectivity index (χ2n) is 5.50. The number of carbonyl (C=O) groups excluding carboxylic acids is 1. The summed E-state index contributed by atoms with van der Waals surface area (Å²) in [6, 6.07) is 0.739.